The first-order valence-electron chi connectivity index (χ1n) is 9.86. The van der Waals surface area contributed by atoms with Gasteiger partial charge >= 0.3 is 0 Å². The molecule has 0 aliphatic heterocycles. The Balaban J connectivity index is 1.64. The number of halogens is 1. The van der Waals surface area contributed by atoms with Gasteiger partial charge in [-0.25, -0.2) is 9.37 Å². The lowest BCUT2D eigenvalue weighted by Crippen LogP contribution is -2.27. The van der Waals surface area contributed by atoms with Gasteiger partial charge in [0.1, 0.15) is 11.5 Å². The van der Waals surface area contributed by atoms with Crippen molar-refractivity contribution in [3.8, 4) is 23.1 Å². The van der Waals surface area contributed by atoms with Gasteiger partial charge in [-0.3, -0.25) is 14.9 Å². The predicted octanol–water partition coefficient (Wildman–Crippen LogP) is 3.70. The zero-order valence-electron chi connectivity index (χ0n) is 17.5. The van der Waals surface area contributed by atoms with E-state index in [4.69, 9.17) is 10.00 Å². The largest absolute Gasteiger partial charge is 0.478 e. The van der Waals surface area contributed by atoms with Crippen molar-refractivity contribution in [2.75, 3.05) is 13.7 Å². The molecule has 0 aliphatic rings. The van der Waals surface area contributed by atoms with Gasteiger partial charge in [0.15, 0.2) is 0 Å². The van der Waals surface area contributed by atoms with Crippen LogP contribution in [0, 0.1) is 17.1 Å². The average Bonchev–Trinajstić information content (AvgIpc) is 3.28. The van der Waals surface area contributed by atoms with Gasteiger partial charge < -0.3 is 9.64 Å². The molecule has 0 fully saturated rings. The van der Waals surface area contributed by atoms with E-state index in [1.54, 1.807) is 50.8 Å². The smallest absolute Gasteiger partial charge is 0.272 e. The molecule has 8 nitrogen and oxygen atoms in total. The number of nitriles is 1. The molecule has 1 amide bonds. The topological polar surface area (TPSA) is 108 Å². The van der Waals surface area contributed by atoms with E-state index < -0.39 is 5.82 Å². The first-order chi connectivity index (χ1) is 15.5. The third-order valence-corrected chi connectivity index (χ3v) is 4.89. The Morgan fingerprint density at radius 1 is 1.25 bits per heavy atom. The van der Waals surface area contributed by atoms with Crippen molar-refractivity contribution in [1.82, 2.24) is 25.1 Å². The Labute approximate surface area is 183 Å². The first kappa shape index (κ1) is 20.9. The van der Waals surface area contributed by atoms with Gasteiger partial charge in [0, 0.05) is 42.5 Å². The number of carbonyl (C=O) groups excluding carboxylic acids is 1. The summed E-state index contributed by atoms with van der Waals surface area (Å²) in [7, 11) is 1.67. The second kappa shape index (κ2) is 8.81. The van der Waals surface area contributed by atoms with Crippen LogP contribution in [0.3, 0.4) is 0 Å². The third-order valence-electron chi connectivity index (χ3n) is 4.89. The van der Waals surface area contributed by atoms with E-state index in [2.05, 4.69) is 20.2 Å². The van der Waals surface area contributed by atoms with Gasteiger partial charge in [0.05, 0.1) is 30.0 Å². The Kier molecular flexibility index (Phi) is 5.77. The van der Waals surface area contributed by atoms with Gasteiger partial charge in [-0.2, -0.15) is 10.4 Å². The highest BCUT2D eigenvalue weighted by atomic mass is 19.1. The second-order valence-corrected chi connectivity index (χ2v) is 7.12. The maximum absolute atomic E-state index is 13.9. The predicted molar refractivity (Wildman–Crippen MR) is 115 cm³/mol. The summed E-state index contributed by atoms with van der Waals surface area (Å²) in [5.74, 6) is -0.660. The maximum atomic E-state index is 13.9. The summed E-state index contributed by atoms with van der Waals surface area (Å²) in [5, 5.41) is 16.9. The van der Waals surface area contributed by atoms with E-state index in [-0.39, 0.29) is 23.0 Å². The summed E-state index contributed by atoms with van der Waals surface area (Å²) in [4.78, 5) is 23.1. The van der Waals surface area contributed by atoms with E-state index in [0.29, 0.717) is 24.3 Å². The lowest BCUT2D eigenvalue weighted by atomic mass is 10.0. The summed E-state index contributed by atoms with van der Waals surface area (Å²) in [5.41, 5.74) is 2.94. The van der Waals surface area contributed by atoms with Crippen LogP contribution < -0.4 is 4.74 Å². The number of aromatic nitrogens is 4. The van der Waals surface area contributed by atoms with Crippen LogP contribution in [0.4, 0.5) is 4.39 Å². The highest BCUT2D eigenvalue weighted by Crippen LogP contribution is 2.30. The number of nitrogens with one attached hydrogen (secondary N) is 1. The molecule has 4 aromatic rings. The zero-order valence-corrected chi connectivity index (χ0v) is 17.5. The molecular formula is C23H19FN6O2. The molecule has 0 atom stereocenters. The Morgan fingerprint density at radius 2 is 2.09 bits per heavy atom. The number of rotatable bonds is 6. The quantitative estimate of drug-likeness (QED) is 0.500. The number of hydrogen-bond acceptors (Lipinski definition) is 6. The Hall–Kier alpha value is -4.32. The van der Waals surface area contributed by atoms with Crippen molar-refractivity contribution in [3.05, 3.63) is 71.6 Å². The Morgan fingerprint density at radius 3 is 2.88 bits per heavy atom. The second-order valence-electron chi connectivity index (χ2n) is 7.12. The van der Waals surface area contributed by atoms with Crippen molar-refractivity contribution in [3.63, 3.8) is 0 Å². The zero-order chi connectivity index (χ0) is 22.7. The summed E-state index contributed by atoms with van der Waals surface area (Å²) in [6.07, 6.45) is 5.05. The van der Waals surface area contributed by atoms with Crippen LogP contribution in [0.5, 0.6) is 5.88 Å². The molecule has 160 valence electrons. The molecule has 4 rings (SSSR count). The van der Waals surface area contributed by atoms with Crippen molar-refractivity contribution in [1.29, 1.82) is 5.26 Å². The lowest BCUT2D eigenvalue weighted by molar-refractivity contribution is 0.0778. The van der Waals surface area contributed by atoms with Crippen LogP contribution in [-0.2, 0) is 6.54 Å². The van der Waals surface area contributed by atoms with Gasteiger partial charge in [0.25, 0.3) is 5.91 Å². The molecule has 3 aromatic heterocycles. The minimum atomic E-state index is -0.539. The van der Waals surface area contributed by atoms with Crippen LogP contribution in [0.15, 0.2) is 48.9 Å². The van der Waals surface area contributed by atoms with E-state index in [0.717, 1.165) is 22.5 Å². The van der Waals surface area contributed by atoms with Gasteiger partial charge in [0.2, 0.25) is 5.88 Å². The number of pyridine rings is 2. The van der Waals surface area contributed by atoms with E-state index >= 15 is 0 Å². The monoisotopic (exact) mass is 430 g/mol. The Bertz CT molecular complexity index is 1340. The lowest BCUT2D eigenvalue weighted by Gasteiger charge is -2.18. The molecule has 32 heavy (non-hydrogen) atoms. The van der Waals surface area contributed by atoms with Gasteiger partial charge in [-0.05, 0) is 42.8 Å². The average molecular weight is 430 g/mol. The number of ether oxygens (including phenoxy) is 1. The molecule has 0 saturated heterocycles. The molecule has 0 radical (unpaired) electrons. The van der Waals surface area contributed by atoms with E-state index in [1.807, 2.05) is 6.07 Å². The fourth-order valence-electron chi connectivity index (χ4n) is 3.40. The molecule has 0 aliphatic carbocycles. The number of benzene rings is 1. The summed E-state index contributed by atoms with van der Waals surface area (Å²) in [6.45, 7) is 2.39. The van der Waals surface area contributed by atoms with Crippen LogP contribution in [-0.4, -0.2) is 44.6 Å². The van der Waals surface area contributed by atoms with Crippen LogP contribution in [0.25, 0.3) is 22.0 Å². The standard InChI is InChI=1S/C23H19FN6O2/c1-3-32-22-19(15-6-14(9-25)7-18(24)8-15)4-5-20(28-22)23(31)30(2)13-17-11-26-10-16-12-27-29-21(16)17/h4-8,10-12H,3,13H2,1-2H3,(H,27,29). The SMILES string of the molecule is CCOc1nc(C(=O)N(C)Cc2cncc3cn[nH]c23)ccc1-c1cc(F)cc(C#N)c1. The van der Waals surface area contributed by atoms with Crippen molar-refractivity contribution < 1.29 is 13.9 Å². The molecule has 0 unspecified atom stereocenters. The molecule has 0 spiro atoms. The molecule has 0 bridgehead atoms. The van der Waals surface area contributed by atoms with Gasteiger partial charge in [-0.1, -0.05) is 0 Å². The van der Waals surface area contributed by atoms with E-state index in [9.17, 15) is 9.18 Å². The molecule has 1 N–H and O–H groups in total. The maximum Gasteiger partial charge on any atom is 0.272 e. The summed E-state index contributed by atoms with van der Waals surface area (Å²) < 4.78 is 19.6. The number of H-pyrrole nitrogens is 1. The third kappa shape index (κ3) is 4.11. The molecule has 1 aromatic carbocycles. The molecule has 9 heteroatoms. The summed E-state index contributed by atoms with van der Waals surface area (Å²) >= 11 is 0. The minimum absolute atomic E-state index is 0.182. The van der Waals surface area contributed by atoms with Crippen LogP contribution >= 0.6 is 0 Å². The van der Waals surface area contributed by atoms with Crippen LogP contribution in [0.2, 0.25) is 0 Å². The van der Waals surface area contributed by atoms with Crippen molar-refractivity contribution >= 4 is 16.8 Å². The fourth-order valence-corrected chi connectivity index (χ4v) is 3.40. The fraction of sp³-hybridized carbons (Fsp3) is 0.174. The van der Waals surface area contributed by atoms with E-state index in [1.165, 1.54) is 11.0 Å². The normalized spacial score (nSPS) is 10.7. The van der Waals surface area contributed by atoms with Gasteiger partial charge in [-0.15, -0.1) is 0 Å². The number of hydrogen-bond donors (Lipinski definition) is 1. The van der Waals surface area contributed by atoms with Crippen molar-refractivity contribution in [2.45, 2.75) is 13.5 Å². The first-order valence-corrected chi connectivity index (χ1v) is 9.86. The number of fused-ring (bicyclic) bond motifs is 1. The number of amides is 1. The number of aromatic amines is 1. The molecule has 0 saturated carbocycles. The number of carbonyl (C=O) groups is 1. The highest BCUT2D eigenvalue weighted by molar-refractivity contribution is 5.93. The molecular weight excluding hydrogens is 411 g/mol. The number of nitrogens with zero attached hydrogens (tertiary/aromatic N) is 5. The van der Waals surface area contributed by atoms with Crippen molar-refractivity contribution in [2.24, 2.45) is 0 Å². The highest BCUT2D eigenvalue weighted by Gasteiger charge is 2.19. The minimum Gasteiger partial charge on any atom is -0.478 e. The van der Waals surface area contributed by atoms with Crippen LogP contribution in [0.1, 0.15) is 28.5 Å². The summed E-state index contributed by atoms with van der Waals surface area (Å²) in [6, 6.07) is 9.14. The molecule has 3 heterocycles.